The summed E-state index contributed by atoms with van der Waals surface area (Å²) in [6.45, 7) is 1.49. The molecule has 1 heterocycles. The number of carbonyl (C=O) groups excluding carboxylic acids is 2. The van der Waals surface area contributed by atoms with Crippen LogP contribution >= 0.6 is 0 Å². The van der Waals surface area contributed by atoms with Gasteiger partial charge in [-0.25, -0.2) is 8.78 Å². The maximum absolute atomic E-state index is 13.4. The predicted molar refractivity (Wildman–Crippen MR) is 79.9 cm³/mol. The Morgan fingerprint density at radius 1 is 1.26 bits per heavy atom. The Bertz CT molecular complexity index is 560. The molecule has 2 amide bonds. The maximum Gasteiger partial charge on any atom is 0.254 e. The average Bonchev–Trinajstić information content (AvgIpc) is 3.02. The molecule has 1 atom stereocenters. The number of amides is 2. The lowest BCUT2D eigenvalue weighted by Crippen LogP contribution is -2.32. The molecule has 0 bridgehead atoms. The molecule has 0 saturated carbocycles. The Balaban J connectivity index is 1.62. The molecule has 1 aliphatic heterocycles. The van der Waals surface area contributed by atoms with Crippen LogP contribution in [0.1, 0.15) is 36.0 Å². The third-order valence-electron chi connectivity index (χ3n) is 3.59. The normalized spacial score (nSPS) is 17.0. The van der Waals surface area contributed by atoms with Crippen molar-refractivity contribution in [3.05, 3.63) is 35.4 Å². The van der Waals surface area contributed by atoms with E-state index in [2.05, 4.69) is 10.6 Å². The largest absolute Gasteiger partial charge is 0.376 e. The molecule has 1 aromatic rings. The zero-order valence-electron chi connectivity index (χ0n) is 12.7. The first-order valence-electron chi connectivity index (χ1n) is 7.68. The van der Waals surface area contributed by atoms with E-state index < -0.39 is 17.5 Å². The molecule has 0 aromatic heterocycles. The van der Waals surface area contributed by atoms with Gasteiger partial charge >= 0.3 is 0 Å². The first-order valence-corrected chi connectivity index (χ1v) is 7.68. The molecule has 0 spiro atoms. The minimum Gasteiger partial charge on any atom is -0.376 e. The fraction of sp³-hybridized carbons (Fsp3) is 0.500. The molecule has 1 aliphatic rings. The predicted octanol–water partition coefficient (Wildman–Crippen LogP) is 1.77. The lowest BCUT2D eigenvalue weighted by Gasteiger charge is -2.11. The van der Waals surface area contributed by atoms with Crippen LogP contribution in [-0.4, -0.2) is 37.6 Å². The highest BCUT2D eigenvalue weighted by molar-refractivity contribution is 5.94. The monoisotopic (exact) mass is 326 g/mol. The lowest BCUT2D eigenvalue weighted by atomic mass is 10.2. The third-order valence-corrected chi connectivity index (χ3v) is 3.59. The second-order valence-corrected chi connectivity index (χ2v) is 5.42. The van der Waals surface area contributed by atoms with Crippen molar-refractivity contribution in [2.75, 3.05) is 19.7 Å². The van der Waals surface area contributed by atoms with Crippen LogP contribution < -0.4 is 10.6 Å². The Kier molecular flexibility index (Phi) is 6.46. The van der Waals surface area contributed by atoms with E-state index in [1.54, 1.807) is 0 Å². The smallest absolute Gasteiger partial charge is 0.254 e. The molecule has 2 rings (SSSR count). The van der Waals surface area contributed by atoms with Crippen molar-refractivity contribution in [3.8, 4) is 0 Å². The van der Waals surface area contributed by atoms with Crippen molar-refractivity contribution in [2.45, 2.75) is 31.8 Å². The molecular formula is C16H20F2N2O3. The van der Waals surface area contributed by atoms with E-state index in [0.29, 0.717) is 19.0 Å². The van der Waals surface area contributed by atoms with Crippen LogP contribution in [0.3, 0.4) is 0 Å². The van der Waals surface area contributed by atoms with Crippen LogP contribution in [0.4, 0.5) is 8.78 Å². The molecule has 0 radical (unpaired) electrons. The van der Waals surface area contributed by atoms with Gasteiger partial charge < -0.3 is 15.4 Å². The number of benzene rings is 1. The Morgan fingerprint density at radius 2 is 2.09 bits per heavy atom. The summed E-state index contributed by atoms with van der Waals surface area (Å²) in [6, 6.07) is 2.78. The zero-order valence-corrected chi connectivity index (χ0v) is 12.7. The van der Waals surface area contributed by atoms with Crippen molar-refractivity contribution in [1.29, 1.82) is 0 Å². The molecule has 1 saturated heterocycles. The van der Waals surface area contributed by atoms with Crippen molar-refractivity contribution in [3.63, 3.8) is 0 Å². The van der Waals surface area contributed by atoms with Gasteiger partial charge in [0.1, 0.15) is 11.6 Å². The minimum absolute atomic E-state index is 0.0973. The Labute approximate surface area is 133 Å². The van der Waals surface area contributed by atoms with E-state index in [0.717, 1.165) is 31.6 Å². The van der Waals surface area contributed by atoms with Gasteiger partial charge in [0.05, 0.1) is 11.7 Å². The van der Waals surface area contributed by atoms with Gasteiger partial charge in [-0.1, -0.05) is 0 Å². The summed E-state index contributed by atoms with van der Waals surface area (Å²) in [4.78, 5) is 23.4. The average molecular weight is 326 g/mol. The third kappa shape index (κ3) is 5.59. The molecule has 126 valence electrons. The van der Waals surface area contributed by atoms with Crippen molar-refractivity contribution in [1.82, 2.24) is 10.6 Å². The number of halogens is 2. The van der Waals surface area contributed by atoms with Gasteiger partial charge in [-0.2, -0.15) is 0 Å². The summed E-state index contributed by atoms with van der Waals surface area (Å²) >= 11 is 0. The van der Waals surface area contributed by atoms with Crippen LogP contribution in [0.2, 0.25) is 0 Å². The first-order chi connectivity index (χ1) is 11.1. The summed E-state index contributed by atoms with van der Waals surface area (Å²) < 4.78 is 31.6. The second-order valence-electron chi connectivity index (χ2n) is 5.42. The summed E-state index contributed by atoms with van der Waals surface area (Å²) in [7, 11) is 0. The van der Waals surface area contributed by atoms with E-state index in [1.165, 1.54) is 0 Å². The topological polar surface area (TPSA) is 67.4 Å². The first kappa shape index (κ1) is 17.3. The van der Waals surface area contributed by atoms with E-state index in [4.69, 9.17) is 4.74 Å². The molecule has 5 nitrogen and oxygen atoms in total. The van der Waals surface area contributed by atoms with E-state index in [1.807, 2.05) is 0 Å². The van der Waals surface area contributed by atoms with Gasteiger partial charge in [-0.05, 0) is 31.4 Å². The van der Waals surface area contributed by atoms with Crippen molar-refractivity contribution >= 4 is 11.8 Å². The number of hydrogen-bond donors (Lipinski definition) is 2. The molecular weight excluding hydrogens is 306 g/mol. The molecule has 1 aromatic carbocycles. The highest BCUT2D eigenvalue weighted by Crippen LogP contribution is 2.11. The summed E-state index contributed by atoms with van der Waals surface area (Å²) in [5.74, 6) is -2.37. The molecule has 23 heavy (non-hydrogen) atoms. The highest BCUT2D eigenvalue weighted by Gasteiger charge is 2.16. The van der Waals surface area contributed by atoms with Crippen molar-refractivity contribution < 1.29 is 23.1 Å². The zero-order chi connectivity index (χ0) is 16.7. The minimum atomic E-state index is -0.906. The summed E-state index contributed by atoms with van der Waals surface area (Å²) in [5, 5.41) is 5.29. The van der Waals surface area contributed by atoms with Gasteiger partial charge in [-0.15, -0.1) is 0 Å². The number of ether oxygens (including phenoxy) is 1. The van der Waals surface area contributed by atoms with Gasteiger partial charge in [-0.3, -0.25) is 9.59 Å². The second kappa shape index (κ2) is 8.57. The lowest BCUT2D eigenvalue weighted by molar-refractivity contribution is -0.121. The molecule has 7 heteroatoms. The van der Waals surface area contributed by atoms with Gasteiger partial charge in [0.15, 0.2) is 0 Å². The SMILES string of the molecule is O=C(CCCNC(=O)c1ccc(F)cc1F)NCC1CCCO1. The van der Waals surface area contributed by atoms with Gasteiger partial charge in [0.25, 0.3) is 5.91 Å². The van der Waals surface area contributed by atoms with E-state index in [9.17, 15) is 18.4 Å². The van der Waals surface area contributed by atoms with Gasteiger partial charge in [0.2, 0.25) is 5.91 Å². The van der Waals surface area contributed by atoms with Gasteiger partial charge in [0, 0.05) is 32.2 Å². The van der Waals surface area contributed by atoms with Crippen LogP contribution in [0.15, 0.2) is 18.2 Å². The maximum atomic E-state index is 13.4. The van der Waals surface area contributed by atoms with Crippen LogP contribution in [-0.2, 0) is 9.53 Å². The number of rotatable bonds is 7. The summed E-state index contributed by atoms with van der Waals surface area (Å²) in [6.07, 6.45) is 2.77. The van der Waals surface area contributed by atoms with Crippen molar-refractivity contribution in [2.24, 2.45) is 0 Å². The standard InChI is InChI=1S/C16H20F2N2O3/c17-11-5-6-13(14(18)9-11)16(22)19-7-1-4-15(21)20-10-12-3-2-8-23-12/h5-6,9,12H,1-4,7-8,10H2,(H,19,22)(H,20,21). The Morgan fingerprint density at radius 3 is 2.78 bits per heavy atom. The number of carbonyl (C=O) groups is 2. The van der Waals surface area contributed by atoms with Crippen LogP contribution in [0.5, 0.6) is 0 Å². The van der Waals surface area contributed by atoms with E-state index in [-0.39, 0.29) is 30.5 Å². The Hall–Kier alpha value is -2.02. The fourth-order valence-electron chi connectivity index (χ4n) is 2.34. The van der Waals surface area contributed by atoms with Crippen LogP contribution in [0, 0.1) is 11.6 Å². The molecule has 1 fully saturated rings. The fourth-order valence-corrected chi connectivity index (χ4v) is 2.34. The molecule has 2 N–H and O–H groups in total. The quantitative estimate of drug-likeness (QED) is 0.751. The van der Waals surface area contributed by atoms with E-state index >= 15 is 0 Å². The van der Waals surface area contributed by atoms with Crippen LogP contribution in [0.25, 0.3) is 0 Å². The summed E-state index contributed by atoms with van der Waals surface area (Å²) in [5.41, 5.74) is -0.214. The molecule has 0 aliphatic carbocycles. The molecule has 1 unspecified atom stereocenters. The number of hydrogen-bond acceptors (Lipinski definition) is 3. The number of nitrogens with one attached hydrogen (secondary N) is 2. The highest BCUT2D eigenvalue weighted by atomic mass is 19.1.